The lowest BCUT2D eigenvalue weighted by Crippen LogP contribution is -2.62. The number of carbonyl (C=O) groups is 1. The Bertz CT molecular complexity index is 1340. The number of methoxy groups -OCH3 is 1. The van der Waals surface area contributed by atoms with Crippen LogP contribution in [0.4, 0.5) is 0 Å². The van der Waals surface area contributed by atoms with Crippen molar-refractivity contribution in [1.29, 1.82) is 10.7 Å². The molecule has 1 spiro atoms. The molecule has 1 aromatic heterocycles. The quantitative estimate of drug-likeness (QED) is 0.584. The van der Waals surface area contributed by atoms with E-state index in [0.717, 1.165) is 38.6 Å². The Morgan fingerprint density at radius 2 is 2.00 bits per heavy atom. The van der Waals surface area contributed by atoms with Crippen molar-refractivity contribution < 1.29 is 9.53 Å². The smallest absolute Gasteiger partial charge is 0.239 e. The summed E-state index contributed by atoms with van der Waals surface area (Å²) in [5.41, 5.74) is 2.54. The van der Waals surface area contributed by atoms with E-state index in [1.54, 1.807) is 31.6 Å². The number of nitriles is 1. The Balaban J connectivity index is 1.68. The van der Waals surface area contributed by atoms with Crippen molar-refractivity contribution >= 4 is 23.1 Å². The topological polar surface area (TPSA) is 77.2 Å². The maximum absolute atomic E-state index is 13.9. The Morgan fingerprint density at radius 3 is 2.76 bits per heavy atom. The number of nitrogens with one attached hydrogen (secondary N) is 1. The molecule has 1 amide bonds. The number of aryl methyl sites for hydroxylation is 1. The third-order valence-corrected chi connectivity index (χ3v) is 8.90. The molecule has 1 N–H and O–H groups in total. The van der Waals surface area contributed by atoms with Gasteiger partial charge in [0.25, 0.3) is 0 Å². The van der Waals surface area contributed by atoms with Crippen molar-refractivity contribution in [3.05, 3.63) is 76.2 Å². The lowest BCUT2D eigenvalue weighted by molar-refractivity contribution is -0.137. The minimum Gasteiger partial charge on any atom is -0.497 e. The molecule has 0 saturated carbocycles. The Morgan fingerprint density at radius 1 is 1.18 bits per heavy atom. The van der Waals surface area contributed by atoms with E-state index in [2.05, 4.69) is 25.1 Å². The van der Waals surface area contributed by atoms with Crippen LogP contribution in [0.2, 0.25) is 0 Å². The van der Waals surface area contributed by atoms with Crippen LogP contribution in [0.15, 0.2) is 54.6 Å². The van der Waals surface area contributed by atoms with Gasteiger partial charge in [-0.05, 0) is 65.9 Å². The molecule has 1 unspecified atom stereocenters. The maximum atomic E-state index is 13.9. The van der Waals surface area contributed by atoms with E-state index < -0.39 is 10.8 Å². The van der Waals surface area contributed by atoms with Crippen molar-refractivity contribution in [3.8, 4) is 22.3 Å². The highest BCUT2D eigenvalue weighted by Crippen LogP contribution is 2.58. The lowest BCUT2D eigenvalue weighted by atomic mass is 9.56. The molecule has 166 valence electrons. The predicted octanol–water partition coefficient (Wildman–Crippen LogP) is 5.28. The fourth-order valence-corrected chi connectivity index (χ4v) is 6.88. The average molecular weight is 456 g/mol. The number of thiophene rings is 1. The van der Waals surface area contributed by atoms with Gasteiger partial charge in [-0.3, -0.25) is 10.2 Å². The average Bonchev–Trinajstić information content (AvgIpc) is 3.48. The van der Waals surface area contributed by atoms with Gasteiger partial charge in [-0.15, -0.1) is 11.3 Å². The molecule has 1 fully saturated rings. The third kappa shape index (κ3) is 2.96. The number of likely N-dealkylation sites (N-methyl/N-ethyl adjacent to an activating group) is 1. The molecule has 2 heterocycles. The summed E-state index contributed by atoms with van der Waals surface area (Å²) >= 11 is 1.66. The molecule has 3 aromatic rings. The van der Waals surface area contributed by atoms with Crippen LogP contribution in [0.25, 0.3) is 10.4 Å². The van der Waals surface area contributed by atoms with Gasteiger partial charge in [0.1, 0.15) is 11.6 Å². The van der Waals surface area contributed by atoms with Gasteiger partial charge in [0.05, 0.1) is 24.2 Å². The zero-order valence-corrected chi connectivity index (χ0v) is 19.8. The van der Waals surface area contributed by atoms with Gasteiger partial charge in [-0.25, -0.2) is 0 Å². The monoisotopic (exact) mass is 455 g/mol. The van der Waals surface area contributed by atoms with Crippen molar-refractivity contribution in [2.24, 2.45) is 0 Å². The number of piperidine rings is 1. The molecular formula is C27H25N3O2S. The fourth-order valence-electron chi connectivity index (χ4n) is 5.65. The normalized spacial score (nSPS) is 24.1. The first-order valence-electron chi connectivity index (χ1n) is 11.0. The van der Waals surface area contributed by atoms with Gasteiger partial charge < -0.3 is 9.64 Å². The van der Waals surface area contributed by atoms with Crippen LogP contribution >= 0.6 is 11.3 Å². The minimum atomic E-state index is -0.732. The van der Waals surface area contributed by atoms with Crippen LogP contribution < -0.4 is 4.74 Å². The molecule has 1 aliphatic heterocycles. The molecule has 2 aliphatic rings. The predicted molar refractivity (Wildman–Crippen MR) is 130 cm³/mol. The van der Waals surface area contributed by atoms with Gasteiger partial charge >= 0.3 is 0 Å². The molecule has 5 nitrogen and oxygen atoms in total. The minimum absolute atomic E-state index is 0.00778. The molecule has 2 atom stereocenters. The van der Waals surface area contributed by atoms with E-state index in [0.29, 0.717) is 24.2 Å². The van der Waals surface area contributed by atoms with Crippen LogP contribution in [0.3, 0.4) is 0 Å². The molecule has 0 bridgehead atoms. The second-order valence-corrected chi connectivity index (χ2v) is 10.2. The number of hydrogen-bond donors (Lipinski definition) is 1. The summed E-state index contributed by atoms with van der Waals surface area (Å²) in [5, 5.41) is 17.9. The number of rotatable bonds is 3. The van der Waals surface area contributed by atoms with Crippen LogP contribution in [0, 0.1) is 16.7 Å². The number of amidine groups is 1. The van der Waals surface area contributed by atoms with E-state index in [1.807, 2.05) is 36.4 Å². The molecule has 6 heteroatoms. The Kier molecular flexibility index (Phi) is 4.91. The van der Waals surface area contributed by atoms with E-state index in [9.17, 15) is 10.1 Å². The van der Waals surface area contributed by atoms with Crippen LogP contribution in [0.1, 0.15) is 41.3 Å². The number of amides is 1. The van der Waals surface area contributed by atoms with Gasteiger partial charge in [0.2, 0.25) is 5.91 Å². The number of hydrogen-bond acceptors (Lipinski definition) is 5. The highest BCUT2D eigenvalue weighted by molar-refractivity contribution is 7.15. The highest BCUT2D eigenvalue weighted by Gasteiger charge is 2.62. The van der Waals surface area contributed by atoms with E-state index in [-0.39, 0.29) is 5.91 Å². The maximum Gasteiger partial charge on any atom is 0.239 e. The third-order valence-electron chi connectivity index (χ3n) is 7.51. The molecule has 0 radical (unpaired) electrons. The molecule has 33 heavy (non-hydrogen) atoms. The number of carbonyl (C=O) groups excluding carboxylic acids is 1. The molecular weight excluding hydrogens is 430 g/mol. The summed E-state index contributed by atoms with van der Waals surface area (Å²) in [5.74, 6) is 1.13. The summed E-state index contributed by atoms with van der Waals surface area (Å²) in [6.07, 6.45) is 2.00. The zero-order valence-electron chi connectivity index (χ0n) is 18.9. The number of benzene rings is 2. The van der Waals surface area contributed by atoms with Gasteiger partial charge in [-0.2, -0.15) is 5.26 Å². The number of likely N-dealkylation sites (tertiary alicyclic amines) is 1. The summed E-state index contributed by atoms with van der Waals surface area (Å²) in [4.78, 5) is 17.6. The molecule has 5 rings (SSSR count). The summed E-state index contributed by atoms with van der Waals surface area (Å²) in [6.45, 7) is 2.15. The number of fused-ring (bicyclic) bond motifs is 2. The van der Waals surface area contributed by atoms with E-state index in [4.69, 9.17) is 10.1 Å². The highest BCUT2D eigenvalue weighted by atomic mass is 32.1. The van der Waals surface area contributed by atoms with Crippen LogP contribution in [-0.4, -0.2) is 30.8 Å². The summed E-state index contributed by atoms with van der Waals surface area (Å²) < 4.78 is 5.44. The Labute approximate surface area is 197 Å². The van der Waals surface area contributed by atoms with Crippen molar-refractivity contribution in [3.63, 3.8) is 0 Å². The van der Waals surface area contributed by atoms with E-state index >= 15 is 0 Å². The second-order valence-electron chi connectivity index (χ2n) is 9.10. The SMILES string of the molecule is COc1ccc2c(c1)CCC21C(=O)N(C)C(=N)C[C@]1(C)c1ccc(-c2cccc(C#N)c2)s1. The second kappa shape index (κ2) is 7.57. The van der Waals surface area contributed by atoms with Gasteiger partial charge in [-0.1, -0.05) is 25.1 Å². The standard InChI is InChI=1S/C27H25N3O2S/c1-26(23-10-9-22(33-23)19-6-4-5-17(13-19)16-28)15-24(29)30(2)25(31)27(26)12-11-18-14-20(32-3)7-8-21(18)27/h4-10,13-14,29H,11-12,15H2,1-3H3/t26-,27?/m1/s1. The summed E-state index contributed by atoms with van der Waals surface area (Å²) in [6, 6.07) is 20.0. The molecule has 2 aromatic carbocycles. The van der Waals surface area contributed by atoms with Gasteiger partial charge in [0.15, 0.2) is 0 Å². The van der Waals surface area contributed by atoms with Crippen LogP contribution in [-0.2, 0) is 22.0 Å². The van der Waals surface area contributed by atoms with Gasteiger partial charge in [0, 0.05) is 28.6 Å². The molecule has 1 saturated heterocycles. The fraction of sp³-hybridized carbons (Fsp3) is 0.296. The zero-order chi connectivity index (χ0) is 23.4. The first-order chi connectivity index (χ1) is 15.8. The largest absolute Gasteiger partial charge is 0.497 e. The number of nitrogens with zero attached hydrogens (tertiary/aromatic N) is 2. The van der Waals surface area contributed by atoms with Crippen LogP contribution in [0.5, 0.6) is 5.75 Å². The first kappa shape index (κ1) is 21.4. The van der Waals surface area contributed by atoms with Crippen molar-refractivity contribution in [2.45, 2.75) is 37.0 Å². The Hall–Kier alpha value is -3.43. The van der Waals surface area contributed by atoms with Crippen molar-refractivity contribution in [1.82, 2.24) is 4.90 Å². The first-order valence-corrected chi connectivity index (χ1v) is 11.8. The van der Waals surface area contributed by atoms with E-state index in [1.165, 1.54) is 4.90 Å². The summed E-state index contributed by atoms with van der Waals surface area (Å²) in [7, 11) is 3.38. The molecule has 1 aliphatic carbocycles. The number of ether oxygens (including phenoxy) is 1. The lowest BCUT2D eigenvalue weighted by Gasteiger charge is -2.51. The van der Waals surface area contributed by atoms with Crippen molar-refractivity contribution in [2.75, 3.05) is 14.2 Å².